The summed E-state index contributed by atoms with van der Waals surface area (Å²) in [5, 5.41) is 11.5. The number of hydrogen-bond donors (Lipinski definition) is 2. The van der Waals surface area contributed by atoms with Gasteiger partial charge in [-0.25, -0.2) is 9.18 Å². The minimum atomic E-state index is -1.28. The number of aliphatic carboxylic acids is 1. The highest BCUT2D eigenvalue weighted by atomic mass is 19.1. The highest BCUT2D eigenvalue weighted by Crippen LogP contribution is 2.12. The van der Waals surface area contributed by atoms with Gasteiger partial charge in [-0.1, -0.05) is 13.0 Å². The van der Waals surface area contributed by atoms with Gasteiger partial charge in [0, 0.05) is 5.56 Å². The van der Waals surface area contributed by atoms with Crippen LogP contribution in [0.25, 0.3) is 0 Å². The monoisotopic (exact) mass is 311 g/mol. The van der Waals surface area contributed by atoms with Crippen molar-refractivity contribution in [2.45, 2.75) is 26.3 Å². The summed E-state index contributed by atoms with van der Waals surface area (Å²) in [7, 11) is 0. The minimum absolute atomic E-state index is 0.00887. The van der Waals surface area contributed by atoms with Gasteiger partial charge >= 0.3 is 11.9 Å². The van der Waals surface area contributed by atoms with Crippen LogP contribution in [0.1, 0.15) is 30.6 Å². The van der Waals surface area contributed by atoms with Gasteiger partial charge in [0.2, 0.25) is 0 Å². The summed E-state index contributed by atoms with van der Waals surface area (Å²) in [4.78, 5) is 34.6. The zero-order chi connectivity index (χ0) is 16.7. The minimum Gasteiger partial charge on any atom is -0.480 e. The molecule has 6 nitrogen and oxygen atoms in total. The van der Waals surface area contributed by atoms with E-state index in [1.54, 1.807) is 6.92 Å². The lowest BCUT2D eigenvalue weighted by Crippen LogP contribution is -2.45. The summed E-state index contributed by atoms with van der Waals surface area (Å²) in [5.74, 6) is -3.81. The van der Waals surface area contributed by atoms with Crippen LogP contribution in [0.15, 0.2) is 24.3 Å². The molecule has 0 spiro atoms. The van der Waals surface area contributed by atoms with Crippen LogP contribution in [-0.4, -0.2) is 35.6 Å². The number of ether oxygens (including phenoxy) is 1. The molecule has 1 aromatic carbocycles. The molecule has 7 heteroatoms. The second kappa shape index (κ2) is 8.11. The first kappa shape index (κ1) is 17.6. The number of rotatable bonds is 7. The second-order valence-electron chi connectivity index (χ2n) is 4.79. The topological polar surface area (TPSA) is 92.7 Å². The molecule has 0 aliphatic rings. The molecule has 0 radical (unpaired) electrons. The molecule has 0 bridgehead atoms. The maximum Gasteiger partial charge on any atom is 0.326 e. The Bertz CT molecular complexity index is 561. The molecule has 0 saturated heterocycles. The van der Waals surface area contributed by atoms with Gasteiger partial charge in [-0.05, 0) is 31.0 Å². The molecule has 1 rings (SSSR count). The Morgan fingerprint density at radius 3 is 2.59 bits per heavy atom. The van der Waals surface area contributed by atoms with Gasteiger partial charge in [0.05, 0.1) is 13.0 Å². The fraction of sp³-hybridized carbons (Fsp3) is 0.400. The average Bonchev–Trinajstić information content (AvgIpc) is 2.44. The van der Waals surface area contributed by atoms with E-state index < -0.39 is 35.6 Å². The average molecular weight is 311 g/mol. The third-order valence-corrected chi connectivity index (χ3v) is 3.00. The molecule has 0 aliphatic carbocycles. The number of hydrogen-bond acceptors (Lipinski definition) is 4. The number of amides is 1. The van der Waals surface area contributed by atoms with E-state index in [1.165, 1.54) is 25.1 Å². The van der Waals surface area contributed by atoms with Gasteiger partial charge in [0.25, 0.3) is 5.91 Å². The van der Waals surface area contributed by atoms with Crippen LogP contribution in [0.4, 0.5) is 4.39 Å². The molecule has 120 valence electrons. The Labute approximate surface area is 127 Å². The molecular weight excluding hydrogens is 293 g/mol. The highest BCUT2D eigenvalue weighted by Gasteiger charge is 2.29. The van der Waals surface area contributed by atoms with Crippen molar-refractivity contribution in [3.63, 3.8) is 0 Å². The Kier molecular flexibility index (Phi) is 6.49. The normalized spacial score (nSPS) is 13.0. The van der Waals surface area contributed by atoms with Gasteiger partial charge in [0.15, 0.2) is 0 Å². The van der Waals surface area contributed by atoms with Crippen LogP contribution in [0.2, 0.25) is 0 Å². The lowest BCUT2D eigenvalue weighted by atomic mass is 9.98. The largest absolute Gasteiger partial charge is 0.480 e. The summed E-state index contributed by atoms with van der Waals surface area (Å²) < 4.78 is 17.8. The van der Waals surface area contributed by atoms with Crippen LogP contribution >= 0.6 is 0 Å². The van der Waals surface area contributed by atoms with Crippen LogP contribution in [-0.2, 0) is 14.3 Å². The summed E-state index contributed by atoms with van der Waals surface area (Å²) in [6.45, 7) is 3.35. The van der Waals surface area contributed by atoms with Crippen molar-refractivity contribution in [2.24, 2.45) is 5.92 Å². The Morgan fingerprint density at radius 2 is 2.05 bits per heavy atom. The fourth-order valence-corrected chi connectivity index (χ4v) is 1.90. The summed E-state index contributed by atoms with van der Waals surface area (Å²) >= 11 is 0. The first-order chi connectivity index (χ1) is 10.3. The predicted octanol–water partition coefficient (Wildman–Crippen LogP) is 1.60. The van der Waals surface area contributed by atoms with E-state index in [0.29, 0.717) is 0 Å². The number of esters is 1. The van der Waals surface area contributed by atoms with E-state index in [1.807, 2.05) is 0 Å². The number of carboxylic acids is 1. The van der Waals surface area contributed by atoms with Crippen molar-refractivity contribution in [3.05, 3.63) is 35.6 Å². The van der Waals surface area contributed by atoms with Crippen molar-refractivity contribution in [2.75, 3.05) is 6.61 Å². The molecule has 2 atom stereocenters. The number of carboxylic acid groups (broad SMARTS) is 1. The highest BCUT2D eigenvalue weighted by molar-refractivity contribution is 5.96. The molecule has 1 amide bonds. The molecule has 0 unspecified atom stereocenters. The van der Waals surface area contributed by atoms with Gasteiger partial charge in [-0.15, -0.1) is 0 Å². The standard InChI is InChI=1S/C15H18FNO5/c1-3-22-12(18)7-9(2)13(15(20)21)17-14(19)10-5-4-6-11(16)8-10/h4-6,8-9,13H,3,7H2,1-2H3,(H,17,19)(H,20,21)/t9-,13+/m1/s1. The van der Waals surface area contributed by atoms with E-state index in [0.717, 1.165) is 6.07 Å². The molecule has 0 saturated carbocycles. The molecular formula is C15H18FNO5. The van der Waals surface area contributed by atoms with Crippen molar-refractivity contribution in [1.82, 2.24) is 5.32 Å². The SMILES string of the molecule is CCOC(=O)C[C@@H](C)[C@H](NC(=O)c1cccc(F)c1)C(=O)O. The lowest BCUT2D eigenvalue weighted by Gasteiger charge is -2.20. The summed E-state index contributed by atoms with van der Waals surface area (Å²) in [5.41, 5.74) is 0.00887. The van der Waals surface area contributed by atoms with E-state index >= 15 is 0 Å². The van der Waals surface area contributed by atoms with Crippen molar-refractivity contribution in [1.29, 1.82) is 0 Å². The third kappa shape index (κ3) is 5.16. The van der Waals surface area contributed by atoms with Gasteiger partial charge < -0.3 is 15.2 Å². The summed E-state index contributed by atoms with van der Waals surface area (Å²) in [6.07, 6.45) is -0.145. The van der Waals surface area contributed by atoms with E-state index in [9.17, 15) is 23.9 Å². The Morgan fingerprint density at radius 1 is 1.36 bits per heavy atom. The van der Waals surface area contributed by atoms with Crippen LogP contribution < -0.4 is 5.32 Å². The molecule has 0 fully saturated rings. The lowest BCUT2D eigenvalue weighted by molar-refractivity contribution is -0.145. The van der Waals surface area contributed by atoms with E-state index in [4.69, 9.17) is 4.74 Å². The quantitative estimate of drug-likeness (QED) is 0.746. The molecule has 22 heavy (non-hydrogen) atoms. The first-order valence-corrected chi connectivity index (χ1v) is 6.80. The molecule has 1 aromatic rings. The van der Waals surface area contributed by atoms with Gasteiger partial charge in [-0.3, -0.25) is 9.59 Å². The zero-order valence-electron chi connectivity index (χ0n) is 12.3. The maximum atomic E-state index is 13.1. The van der Waals surface area contributed by atoms with E-state index in [2.05, 4.69) is 5.32 Å². The third-order valence-electron chi connectivity index (χ3n) is 3.00. The predicted molar refractivity (Wildman–Crippen MR) is 75.7 cm³/mol. The van der Waals surface area contributed by atoms with Gasteiger partial charge in [0.1, 0.15) is 11.9 Å². The van der Waals surface area contributed by atoms with Crippen molar-refractivity contribution in [3.8, 4) is 0 Å². The van der Waals surface area contributed by atoms with Crippen LogP contribution in [0, 0.1) is 11.7 Å². The first-order valence-electron chi connectivity index (χ1n) is 6.80. The second-order valence-corrected chi connectivity index (χ2v) is 4.79. The van der Waals surface area contributed by atoms with Crippen molar-refractivity contribution >= 4 is 17.8 Å². The Balaban J connectivity index is 2.77. The van der Waals surface area contributed by atoms with Gasteiger partial charge in [-0.2, -0.15) is 0 Å². The smallest absolute Gasteiger partial charge is 0.326 e. The molecule has 2 N–H and O–H groups in total. The molecule has 0 aliphatic heterocycles. The number of carbonyl (C=O) groups is 3. The maximum absolute atomic E-state index is 13.1. The number of carbonyl (C=O) groups excluding carboxylic acids is 2. The van der Waals surface area contributed by atoms with Crippen molar-refractivity contribution < 1.29 is 28.6 Å². The zero-order valence-corrected chi connectivity index (χ0v) is 12.3. The van der Waals surface area contributed by atoms with Crippen LogP contribution in [0.3, 0.4) is 0 Å². The molecule has 0 aromatic heterocycles. The Hall–Kier alpha value is -2.44. The van der Waals surface area contributed by atoms with Crippen LogP contribution in [0.5, 0.6) is 0 Å². The number of halogens is 1. The van der Waals surface area contributed by atoms with E-state index in [-0.39, 0.29) is 18.6 Å². The number of nitrogens with one attached hydrogen (secondary N) is 1. The summed E-state index contributed by atoms with van der Waals surface area (Å²) in [6, 6.07) is 3.62. The number of benzene rings is 1. The fourth-order valence-electron chi connectivity index (χ4n) is 1.90. The molecule has 0 heterocycles.